The van der Waals surface area contributed by atoms with Crippen LogP contribution in [0.4, 0.5) is 17.3 Å². The molecule has 8 nitrogen and oxygen atoms in total. The average molecular weight is 384 g/mol. The van der Waals surface area contributed by atoms with Crippen molar-refractivity contribution in [2.24, 2.45) is 0 Å². The van der Waals surface area contributed by atoms with Gasteiger partial charge in [0, 0.05) is 29.3 Å². The van der Waals surface area contributed by atoms with E-state index in [-0.39, 0.29) is 5.70 Å². The van der Waals surface area contributed by atoms with E-state index >= 15 is 0 Å². The van der Waals surface area contributed by atoms with Crippen molar-refractivity contribution in [1.82, 2.24) is 9.97 Å². The van der Waals surface area contributed by atoms with E-state index in [4.69, 9.17) is 0 Å². The minimum absolute atomic E-state index is 0.0212. The second-order valence-corrected chi connectivity index (χ2v) is 5.94. The number of methoxy groups -OCH3 is 2. The lowest BCUT2D eigenvalue weighted by Gasteiger charge is -2.22. The van der Waals surface area contributed by atoms with Gasteiger partial charge in [-0.15, -0.1) is 0 Å². The summed E-state index contributed by atoms with van der Waals surface area (Å²) < 4.78 is 9.25. The smallest absolute Gasteiger partial charge is 0.354 e. The van der Waals surface area contributed by atoms with E-state index in [1.807, 2.05) is 43.9 Å². The zero-order chi connectivity index (χ0) is 20.7. The van der Waals surface area contributed by atoms with Gasteiger partial charge >= 0.3 is 11.9 Å². The number of carbonyl (C=O) groups is 2. The minimum Gasteiger partial charge on any atom is -0.466 e. The number of hydrogen-bond donors (Lipinski definition) is 1. The molecule has 148 valence electrons. The Hall–Kier alpha value is -3.42. The highest BCUT2D eigenvalue weighted by molar-refractivity contribution is 5.98. The predicted octanol–water partition coefficient (Wildman–Crippen LogP) is 2.89. The molecule has 1 aromatic carbocycles. The molecule has 28 heavy (non-hydrogen) atoms. The minimum atomic E-state index is -0.673. The van der Waals surface area contributed by atoms with E-state index in [0.717, 1.165) is 23.2 Å². The van der Waals surface area contributed by atoms with Gasteiger partial charge in [0.05, 0.1) is 20.3 Å². The first-order valence-electron chi connectivity index (χ1n) is 8.72. The van der Waals surface area contributed by atoms with Crippen LogP contribution in [-0.4, -0.2) is 42.7 Å². The fraction of sp³-hybridized carbons (Fsp3) is 0.300. The summed E-state index contributed by atoms with van der Waals surface area (Å²) in [5, 5.41) is 2.87. The molecule has 0 amide bonds. The van der Waals surface area contributed by atoms with Crippen LogP contribution in [-0.2, 0) is 19.1 Å². The third-order valence-electron chi connectivity index (χ3n) is 3.85. The highest BCUT2D eigenvalue weighted by Crippen LogP contribution is 2.24. The van der Waals surface area contributed by atoms with Crippen molar-refractivity contribution in [2.75, 3.05) is 31.0 Å². The van der Waals surface area contributed by atoms with Crippen molar-refractivity contribution in [3.63, 3.8) is 0 Å². The van der Waals surface area contributed by atoms with Gasteiger partial charge < -0.3 is 19.7 Å². The average Bonchev–Trinajstić information content (AvgIpc) is 2.67. The summed E-state index contributed by atoms with van der Waals surface area (Å²) in [6.07, 6.45) is 1.04. The lowest BCUT2D eigenvalue weighted by molar-refractivity contribution is -0.138. The number of ether oxygens (including phenoxy) is 2. The van der Waals surface area contributed by atoms with Crippen LogP contribution in [0.1, 0.15) is 18.3 Å². The molecule has 0 aliphatic heterocycles. The Morgan fingerprint density at radius 2 is 1.68 bits per heavy atom. The van der Waals surface area contributed by atoms with E-state index in [9.17, 15) is 9.59 Å². The first-order valence-corrected chi connectivity index (χ1v) is 8.72. The molecule has 0 bridgehead atoms. The number of carbonyl (C=O) groups excluding carboxylic acids is 2. The molecule has 0 spiro atoms. The first kappa shape index (κ1) is 20.9. The normalized spacial score (nSPS) is 11.0. The maximum Gasteiger partial charge on any atom is 0.354 e. The van der Waals surface area contributed by atoms with Crippen molar-refractivity contribution >= 4 is 29.3 Å². The number of nitrogens with one attached hydrogen (secondary N) is 1. The number of rotatable bonds is 7. The molecular weight excluding hydrogens is 360 g/mol. The van der Waals surface area contributed by atoms with Gasteiger partial charge in [0.25, 0.3) is 0 Å². The first-order chi connectivity index (χ1) is 13.4. The summed E-state index contributed by atoms with van der Waals surface area (Å²) >= 11 is 0. The molecule has 0 fully saturated rings. The van der Waals surface area contributed by atoms with Crippen LogP contribution < -0.4 is 10.2 Å². The second-order valence-electron chi connectivity index (χ2n) is 5.94. The molecule has 8 heteroatoms. The van der Waals surface area contributed by atoms with Gasteiger partial charge in [-0.05, 0) is 51.1 Å². The molecule has 0 radical (unpaired) electrons. The predicted molar refractivity (Wildman–Crippen MR) is 106 cm³/mol. The van der Waals surface area contributed by atoms with E-state index in [2.05, 4.69) is 24.8 Å². The standard InChI is InChI=1S/C20H24N4O4/c1-6-24(20-21-13(2)11-14(3)22-20)16-9-7-15(8-10-16)23-17(19(26)28-5)12-18(25)27-4/h7-12,23H,6H2,1-5H3/b17-12+. The van der Waals surface area contributed by atoms with Gasteiger partial charge in [0.1, 0.15) is 5.70 Å². The van der Waals surface area contributed by atoms with Crippen molar-refractivity contribution in [3.05, 3.63) is 53.5 Å². The zero-order valence-corrected chi connectivity index (χ0v) is 16.6. The molecule has 0 aliphatic rings. The molecule has 0 aliphatic carbocycles. The molecule has 2 aromatic rings. The number of aromatic nitrogens is 2. The summed E-state index contributed by atoms with van der Waals surface area (Å²) in [6.45, 7) is 6.56. The SMILES string of the molecule is CCN(c1ccc(N/C(=C/C(=O)OC)C(=O)OC)cc1)c1nc(C)cc(C)n1. The van der Waals surface area contributed by atoms with E-state index in [1.165, 1.54) is 14.2 Å². The fourth-order valence-electron chi connectivity index (χ4n) is 2.58. The Bertz CT molecular complexity index is 858. The number of benzene rings is 1. The summed E-state index contributed by atoms with van der Waals surface area (Å²) in [5.74, 6) is -0.705. The van der Waals surface area contributed by atoms with E-state index in [1.54, 1.807) is 12.1 Å². The number of nitrogens with zero attached hydrogens (tertiary/aromatic N) is 3. The number of aryl methyl sites for hydroxylation is 2. The van der Waals surface area contributed by atoms with Crippen LogP contribution in [0, 0.1) is 13.8 Å². The molecule has 1 N–H and O–H groups in total. The maximum atomic E-state index is 11.9. The quantitative estimate of drug-likeness (QED) is 0.575. The van der Waals surface area contributed by atoms with Crippen molar-refractivity contribution in [2.45, 2.75) is 20.8 Å². The maximum absolute atomic E-state index is 11.9. The fourth-order valence-corrected chi connectivity index (χ4v) is 2.58. The Morgan fingerprint density at radius 3 is 2.18 bits per heavy atom. The summed E-state index contributed by atoms with van der Waals surface area (Å²) in [7, 11) is 2.47. The summed E-state index contributed by atoms with van der Waals surface area (Å²) in [6, 6.07) is 9.25. The van der Waals surface area contributed by atoms with Crippen molar-refractivity contribution < 1.29 is 19.1 Å². The topological polar surface area (TPSA) is 93.7 Å². The van der Waals surface area contributed by atoms with Crippen LogP contribution in [0.25, 0.3) is 0 Å². The molecular formula is C20H24N4O4. The lowest BCUT2D eigenvalue weighted by Crippen LogP contribution is -2.19. The van der Waals surface area contributed by atoms with Gasteiger partial charge in [0.15, 0.2) is 0 Å². The molecule has 0 saturated heterocycles. The Labute approximate surface area is 164 Å². The van der Waals surface area contributed by atoms with Gasteiger partial charge in [-0.25, -0.2) is 19.6 Å². The molecule has 0 atom stereocenters. The van der Waals surface area contributed by atoms with E-state index in [0.29, 0.717) is 18.2 Å². The second kappa shape index (κ2) is 9.50. The van der Waals surface area contributed by atoms with Crippen LogP contribution in [0.15, 0.2) is 42.1 Å². The Kier molecular flexibility index (Phi) is 7.08. The van der Waals surface area contributed by atoms with Gasteiger partial charge in [-0.1, -0.05) is 0 Å². The summed E-state index contributed by atoms with van der Waals surface area (Å²) in [4.78, 5) is 34.3. The van der Waals surface area contributed by atoms with Crippen molar-refractivity contribution in [3.8, 4) is 0 Å². The summed E-state index contributed by atoms with van der Waals surface area (Å²) in [5.41, 5.74) is 3.29. The third-order valence-corrected chi connectivity index (χ3v) is 3.85. The molecule has 0 saturated carbocycles. The molecule has 0 unspecified atom stereocenters. The van der Waals surface area contributed by atoms with Gasteiger partial charge in [0.2, 0.25) is 5.95 Å². The van der Waals surface area contributed by atoms with Gasteiger partial charge in [-0.2, -0.15) is 0 Å². The Balaban J connectivity index is 2.26. The largest absolute Gasteiger partial charge is 0.466 e. The van der Waals surface area contributed by atoms with Crippen LogP contribution >= 0.6 is 0 Å². The van der Waals surface area contributed by atoms with E-state index < -0.39 is 11.9 Å². The molecule has 1 aromatic heterocycles. The van der Waals surface area contributed by atoms with Gasteiger partial charge in [-0.3, -0.25) is 0 Å². The third kappa shape index (κ3) is 5.29. The Morgan fingerprint density at radius 1 is 1.07 bits per heavy atom. The highest BCUT2D eigenvalue weighted by Gasteiger charge is 2.14. The monoisotopic (exact) mass is 384 g/mol. The number of anilines is 3. The number of esters is 2. The van der Waals surface area contributed by atoms with Crippen molar-refractivity contribution in [1.29, 1.82) is 0 Å². The molecule has 2 rings (SSSR count). The highest BCUT2D eigenvalue weighted by atomic mass is 16.5. The van der Waals surface area contributed by atoms with Crippen LogP contribution in [0.3, 0.4) is 0 Å². The lowest BCUT2D eigenvalue weighted by atomic mass is 10.2. The van der Waals surface area contributed by atoms with Crippen LogP contribution in [0.2, 0.25) is 0 Å². The molecule has 1 heterocycles. The van der Waals surface area contributed by atoms with Crippen LogP contribution in [0.5, 0.6) is 0 Å². The number of hydrogen-bond acceptors (Lipinski definition) is 8. The zero-order valence-electron chi connectivity index (χ0n) is 16.6.